The van der Waals surface area contributed by atoms with Gasteiger partial charge in [-0.1, -0.05) is 121 Å². The number of hydrogen-bond donors (Lipinski definition) is 0. The monoisotopic (exact) mass is 378 g/mol. The van der Waals surface area contributed by atoms with Crippen LogP contribution in [0.25, 0.3) is 0 Å². The number of carbonyl (C=O) groups is 1. The first-order chi connectivity index (χ1) is 13.2. The Hall–Kier alpha value is -1.05. The first-order valence-corrected chi connectivity index (χ1v) is 11.7. The molecular weight excluding hydrogens is 332 g/mol. The van der Waals surface area contributed by atoms with Gasteiger partial charge in [0.05, 0.1) is 6.61 Å². The van der Waals surface area contributed by atoms with Crippen molar-refractivity contribution in [3.05, 3.63) is 23.8 Å². The molecule has 0 amide bonds. The number of hydrogen-bond acceptors (Lipinski definition) is 2. The smallest absolute Gasteiger partial charge is 0.333 e. The molecule has 0 bridgehead atoms. The highest BCUT2D eigenvalue weighted by Gasteiger charge is 2.03. The van der Waals surface area contributed by atoms with Crippen LogP contribution in [0.3, 0.4) is 0 Å². The third-order valence-electron chi connectivity index (χ3n) is 5.09. The normalized spacial score (nSPS) is 12.0. The second-order valence-corrected chi connectivity index (χ2v) is 7.81. The summed E-state index contributed by atoms with van der Waals surface area (Å²) in [6.45, 7) is 6.57. The Kier molecular flexibility index (Phi) is 20.4. The zero-order valence-electron chi connectivity index (χ0n) is 18.6. The highest BCUT2D eigenvalue weighted by molar-refractivity contribution is 5.88. The van der Waals surface area contributed by atoms with Gasteiger partial charge in [-0.2, -0.15) is 0 Å². The van der Waals surface area contributed by atoms with Crippen molar-refractivity contribution in [3.8, 4) is 0 Å². The van der Waals surface area contributed by atoms with Gasteiger partial charge in [-0.3, -0.25) is 0 Å². The summed E-state index contributed by atoms with van der Waals surface area (Å²) in [5.74, 6) is -0.186. The van der Waals surface area contributed by atoms with Crippen LogP contribution >= 0.6 is 0 Å². The Morgan fingerprint density at radius 3 is 1.52 bits per heavy atom. The van der Waals surface area contributed by atoms with E-state index in [-0.39, 0.29) is 5.97 Å². The Balaban J connectivity index is 3.22. The van der Waals surface area contributed by atoms with E-state index in [1.807, 2.05) is 19.1 Å². The lowest BCUT2D eigenvalue weighted by Gasteiger charge is -2.05. The van der Waals surface area contributed by atoms with Gasteiger partial charge < -0.3 is 4.74 Å². The first-order valence-electron chi connectivity index (χ1n) is 11.7. The number of rotatable bonds is 19. The van der Waals surface area contributed by atoms with Crippen molar-refractivity contribution in [1.82, 2.24) is 0 Å². The van der Waals surface area contributed by atoms with Gasteiger partial charge >= 0.3 is 5.97 Å². The predicted octanol–water partition coefficient (Wildman–Crippen LogP) is 8.31. The molecule has 0 aliphatic rings. The predicted molar refractivity (Wildman–Crippen MR) is 119 cm³/mol. The van der Waals surface area contributed by atoms with E-state index in [4.69, 9.17) is 4.74 Å². The summed E-state index contributed by atoms with van der Waals surface area (Å²) < 4.78 is 5.28. The topological polar surface area (TPSA) is 26.3 Å². The zero-order valence-corrected chi connectivity index (χ0v) is 18.6. The fraction of sp³-hybridized carbons (Fsp3) is 0.800. The van der Waals surface area contributed by atoms with Crippen molar-refractivity contribution in [2.24, 2.45) is 0 Å². The molecule has 0 aliphatic carbocycles. The Morgan fingerprint density at radius 2 is 1.11 bits per heavy atom. The third-order valence-corrected chi connectivity index (χ3v) is 5.09. The molecule has 0 heterocycles. The van der Waals surface area contributed by atoms with Crippen LogP contribution in [0.1, 0.15) is 124 Å². The largest absolute Gasteiger partial charge is 0.462 e. The average molecular weight is 379 g/mol. The summed E-state index contributed by atoms with van der Waals surface area (Å²) in [4.78, 5) is 11.7. The molecule has 0 aromatic rings. The first kappa shape index (κ1) is 26.0. The van der Waals surface area contributed by atoms with Crippen LogP contribution in [0.2, 0.25) is 0 Å². The Labute approximate surface area is 169 Å². The molecule has 0 fully saturated rings. The summed E-state index contributed by atoms with van der Waals surface area (Å²) in [7, 11) is 0. The highest BCUT2D eigenvalue weighted by Crippen LogP contribution is 2.13. The lowest BCUT2D eigenvalue weighted by Crippen LogP contribution is -2.06. The molecule has 0 aromatic heterocycles. The van der Waals surface area contributed by atoms with Gasteiger partial charge in [0.1, 0.15) is 0 Å². The van der Waals surface area contributed by atoms with E-state index in [1.54, 1.807) is 13.0 Å². The van der Waals surface area contributed by atoms with Crippen LogP contribution in [0, 0.1) is 0 Å². The SMILES string of the molecule is CC=CC=C(C)C(=O)OCCCCCCCCCCCCCCCCCC. The number of esters is 1. The van der Waals surface area contributed by atoms with Crippen molar-refractivity contribution in [3.63, 3.8) is 0 Å². The molecule has 158 valence electrons. The summed E-state index contributed by atoms with van der Waals surface area (Å²) in [5.41, 5.74) is 0.671. The number of unbranched alkanes of at least 4 members (excludes halogenated alkanes) is 15. The van der Waals surface area contributed by atoms with Gasteiger partial charge in [-0.05, 0) is 20.3 Å². The minimum absolute atomic E-state index is 0.186. The van der Waals surface area contributed by atoms with E-state index < -0.39 is 0 Å². The molecule has 0 spiro atoms. The van der Waals surface area contributed by atoms with Gasteiger partial charge in [0.15, 0.2) is 0 Å². The van der Waals surface area contributed by atoms with Crippen LogP contribution < -0.4 is 0 Å². The standard InChI is InChI=1S/C25H46O2/c1-4-6-8-9-10-11-12-13-14-15-16-17-18-19-20-21-23-27-25(26)24(3)22-7-5-2/h5,7,22H,4,6,8-21,23H2,1-3H3. The van der Waals surface area contributed by atoms with Crippen LogP contribution in [0.5, 0.6) is 0 Å². The fourth-order valence-electron chi connectivity index (χ4n) is 3.24. The van der Waals surface area contributed by atoms with E-state index in [9.17, 15) is 4.79 Å². The van der Waals surface area contributed by atoms with Gasteiger partial charge in [0.2, 0.25) is 0 Å². The summed E-state index contributed by atoms with van der Waals surface area (Å²) in [6.07, 6.45) is 27.3. The van der Waals surface area contributed by atoms with Crippen molar-refractivity contribution in [2.45, 2.75) is 124 Å². The molecule has 0 saturated heterocycles. The maximum atomic E-state index is 11.7. The molecule has 0 N–H and O–H groups in total. The van der Waals surface area contributed by atoms with Crippen molar-refractivity contribution in [2.75, 3.05) is 6.61 Å². The molecule has 27 heavy (non-hydrogen) atoms. The maximum Gasteiger partial charge on any atom is 0.333 e. The van der Waals surface area contributed by atoms with Crippen LogP contribution in [-0.4, -0.2) is 12.6 Å². The summed E-state index contributed by atoms with van der Waals surface area (Å²) >= 11 is 0. The van der Waals surface area contributed by atoms with Crippen LogP contribution in [-0.2, 0) is 9.53 Å². The lowest BCUT2D eigenvalue weighted by molar-refractivity contribution is -0.139. The Bertz CT molecular complexity index is 382. The molecule has 0 aliphatic heterocycles. The molecule has 0 saturated carbocycles. The molecule has 0 aromatic carbocycles. The van der Waals surface area contributed by atoms with Crippen LogP contribution in [0.4, 0.5) is 0 Å². The second kappa shape index (κ2) is 21.3. The third kappa shape index (κ3) is 19.5. The van der Waals surface area contributed by atoms with E-state index in [0.717, 1.165) is 6.42 Å². The molecular formula is C25H46O2. The molecule has 2 nitrogen and oxygen atoms in total. The van der Waals surface area contributed by atoms with Crippen LogP contribution in [0.15, 0.2) is 23.8 Å². The number of allylic oxidation sites excluding steroid dienone is 3. The molecule has 0 atom stereocenters. The van der Waals surface area contributed by atoms with E-state index in [2.05, 4.69) is 6.92 Å². The van der Waals surface area contributed by atoms with E-state index >= 15 is 0 Å². The van der Waals surface area contributed by atoms with Gasteiger partial charge in [0, 0.05) is 5.57 Å². The highest BCUT2D eigenvalue weighted by atomic mass is 16.5. The molecule has 2 heteroatoms. The number of ether oxygens (including phenoxy) is 1. The molecule has 0 radical (unpaired) electrons. The van der Waals surface area contributed by atoms with Gasteiger partial charge in [-0.15, -0.1) is 0 Å². The second-order valence-electron chi connectivity index (χ2n) is 7.81. The van der Waals surface area contributed by atoms with Crippen molar-refractivity contribution in [1.29, 1.82) is 0 Å². The molecule has 0 rings (SSSR count). The molecule has 0 unspecified atom stereocenters. The van der Waals surface area contributed by atoms with Crippen molar-refractivity contribution >= 4 is 5.97 Å². The quantitative estimate of drug-likeness (QED) is 0.0977. The summed E-state index contributed by atoms with van der Waals surface area (Å²) in [6, 6.07) is 0. The minimum atomic E-state index is -0.186. The van der Waals surface area contributed by atoms with Gasteiger partial charge in [0.25, 0.3) is 0 Å². The fourth-order valence-corrected chi connectivity index (χ4v) is 3.24. The zero-order chi connectivity index (χ0) is 20.0. The lowest BCUT2D eigenvalue weighted by atomic mass is 10.0. The minimum Gasteiger partial charge on any atom is -0.462 e. The summed E-state index contributed by atoms with van der Waals surface area (Å²) in [5, 5.41) is 0. The van der Waals surface area contributed by atoms with Crippen molar-refractivity contribution < 1.29 is 9.53 Å². The van der Waals surface area contributed by atoms with E-state index in [1.165, 1.54) is 96.3 Å². The Morgan fingerprint density at radius 1 is 0.704 bits per heavy atom. The maximum absolute atomic E-state index is 11.7. The average Bonchev–Trinajstić information content (AvgIpc) is 2.68. The number of carbonyl (C=O) groups excluding carboxylic acids is 1. The van der Waals surface area contributed by atoms with Gasteiger partial charge in [-0.25, -0.2) is 4.79 Å². The van der Waals surface area contributed by atoms with E-state index in [0.29, 0.717) is 12.2 Å².